The van der Waals surface area contributed by atoms with Crippen LogP contribution in [0.3, 0.4) is 0 Å². The number of ether oxygens (including phenoxy) is 2. The number of thiophene rings is 1. The van der Waals surface area contributed by atoms with E-state index in [1.54, 1.807) is 11.3 Å². The molecule has 19 heavy (non-hydrogen) atoms. The van der Waals surface area contributed by atoms with E-state index >= 15 is 0 Å². The highest BCUT2D eigenvalue weighted by atomic mass is 79.9. The lowest BCUT2D eigenvalue weighted by atomic mass is 10.1. The van der Waals surface area contributed by atoms with Gasteiger partial charge in [-0.25, -0.2) is 0 Å². The molecule has 0 amide bonds. The van der Waals surface area contributed by atoms with Gasteiger partial charge in [0.1, 0.15) is 13.2 Å². The standard InChI is InChI=1S/C13H9Br2ClO2S/c14-8-6-11(19-13(8)15)12(16)7-1-2-9-10(5-7)18-4-3-17-9/h1-2,5-6,12H,3-4H2. The molecule has 2 aromatic rings. The van der Waals surface area contributed by atoms with Crippen molar-refractivity contribution in [2.75, 3.05) is 13.2 Å². The van der Waals surface area contributed by atoms with Gasteiger partial charge < -0.3 is 9.47 Å². The molecular weight excluding hydrogens is 415 g/mol. The fraction of sp³-hybridized carbons (Fsp3) is 0.231. The first-order valence-corrected chi connectivity index (χ1v) is 8.47. The Balaban J connectivity index is 1.93. The van der Waals surface area contributed by atoms with Crippen molar-refractivity contribution in [3.8, 4) is 11.5 Å². The maximum atomic E-state index is 6.53. The Morgan fingerprint density at radius 3 is 2.53 bits per heavy atom. The van der Waals surface area contributed by atoms with E-state index in [4.69, 9.17) is 21.1 Å². The van der Waals surface area contributed by atoms with Crippen LogP contribution in [0, 0.1) is 0 Å². The molecule has 1 aliphatic rings. The van der Waals surface area contributed by atoms with Gasteiger partial charge in [0.15, 0.2) is 11.5 Å². The van der Waals surface area contributed by atoms with Gasteiger partial charge in [-0.05, 0) is 55.6 Å². The molecule has 6 heteroatoms. The van der Waals surface area contributed by atoms with E-state index in [1.807, 2.05) is 24.3 Å². The summed E-state index contributed by atoms with van der Waals surface area (Å²) in [6, 6.07) is 7.88. The van der Waals surface area contributed by atoms with Crippen LogP contribution in [0.2, 0.25) is 0 Å². The SMILES string of the molecule is ClC(c1ccc2c(c1)OCCO2)c1cc(Br)c(Br)s1. The molecular formula is C13H9Br2ClO2S. The number of fused-ring (bicyclic) bond motifs is 1. The maximum Gasteiger partial charge on any atom is 0.161 e. The number of hydrogen-bond donors (Lipinski definition) is 0. The van der Waals surface area contributed by atoms with Crippen molar-refractivity contribution in [3.05, 3.63) is 43.0 Å². The average Bonchev–Trinajstić information content (AvgIpc) is 2.77. The largest absolute Gasteiger partial charge is 0.486 e. The number of halogens is 3. The summed E-state index contributed by atoms with van der Waals surface area (Å²) in [6.07, 6.45) is 0. The predicted molar refractivity (Wildman–Crippen MR) is 84.8 cm³/mol. The van der Waals surface area contributed by atoms with Crippen LogP contribution in [0.25, 0.3) is 0 Å². The topological polar surface area (TPSA) is 18.5 Å². The Morgan fingerprint density at radius 1 is 1.11 bits per heavy atom. The van der Waals surface area contributed by atoms with Gasteiger partial charge in [0.05, 0.1) is 9.16 Å². The van der Waals surface area contributed by atoms with Crippen LogP contribution in [0.15, 0.2) is 32.5 Å². The highest BCUT2D eigenvalue weighted by Crippen LogP contribution is 2.42. The molecule has 2 nitrogen and oxygen atoms in total. The molecule has 0 saturated carbocycles. The molecule has 1 atom stereocenters. The molecule has 0 saturated heterocycles. The second-order valence-electron chi connectivity index (χ2n) is 4.04. The summed E-state index contributed by atoms with van der Waals surface area (Å²) in [4.78, 5) is 1.08. The third-order valence-electron chi connectivity index (χ3n) is 2.77. The van der Waals surface area contributed by atoms with Gasteiger partial charge >= 0.3 is 0 Å². The molecule has 1 unspecified atom stereocenters. The van der Waals surface area contributed by atoms with Gasteiger partial charge in [0, 0.05) is 9.35 Å². The van der Waals surface area contributed by atoms with Gasteiger partial charge in [-0.3, -0.25) is 0 Å². The lowest BCUT2D eigenvalue weighted by molar-refractivity contribution is 0.171. The normalized spacial score (nSPS) is 15.3. The molecule has 3 rings (SSSR count). The first-order valence-electron chi connectivity index (χ1n) is 5.63. The first-order chi connectivity index (χ1) is 9.15. The third-order valence-corrected chi connectivity index (χ3v) is 6.71. The van der Waals surface area contributed by atoms with Gasteiger partial charge in [-0.2, -0.15) is 0 Å². The summed E-state index contributed by atoms with van der Waals surface area (Å²) in [5.74, 6) is 1.55. The third kappa shape index (κ3) is 2.79. The molecule has 0 aliphatic carbocycles. The number of hydrogen-bond acceptors (Lipinski definition) is 3. The molecule has 100 valence electrons. The summed E-state index contributed by atoms with van der Waals surface area (Å²) in [7, 11) is 0. The molecule has 0 N–H and O–H groups in total. The second kappa shape index (κ2) is 5.64. The van der Waals surface area contributed by atoms with Crippen LogP contribution in [-0.2, 0) is 0 Å². The van der Waals surface area contributed by atoms with E-state index < -0.39 is 0 Å². The second-order valence-corrected chi connectivity index (χ2v) is 7.73. The van der Waals surface area contributed by atoms with Crippen LogP contribution in [-0.4, -0.2) is 13.2 Å². The Bertz CT molecular complexity index is 595. The molecule has 0 bridgehead atoms. The number of rotatable bonds is 2. The van der Waals surface area contributed by atoms with E-state index in [0.29, 0.717) is 13.2 Å². The minimum atomic E-state index is -0.191. The van der Waals surface area contributed by atoms with Crippen molar-refractivity contribution in [1.82, 2.24) is 0 Å². The van der Waals surface area contributed by atoms with E-state index in [2.05, 4.69) is 31.9 Å². The van der Waals surface area contributed by atoms with Crippen molar-refractivity contribution in [2.45, 2.75) is 5.38 Å². The van der Waals surface area contributed by atoms with Gasteiger partial charge in [0.2, 0.25) is 0 Å². The lowest BCUT2D eigenvalue weighted by Crippen LogP contribution is -2.15. The van der Waals surface area contributed by atoms with Crippen molar-refractivity contribution >= 4 is 54.8 Å². The summed E-state index contributed by atoms with van der Waals surface area (Å²) in [5.41, 5.74) is 1.01. The van der Waals surface area contributed by atoms with Gasteiger partial charge in [0.25, 0.3) is 0 Å². The quantitative estimate of drug-likeness (QED) is 0.603. The molecule has 0 radical (unpaired) electrons. The van der Waals surface area contributed by atoms with E-state index in [9.17, 15) is 0 Å². The molecule has 1 aliphatic heterocycles. The minimum absolute atomic E-state index is 0.191. The van der Waals surface area contributed by atoms with E-state index in [1.165, 1.54) is 0 Å². The first kappa shape index (κ1) is 13.7. The van der Waals surface area contributed by atoms with Crippen molar-refractivity contribution in [3.63, 3.8) is 0 Å². The van der Waals surface area contributed by atoms with Gasteiger partial charge in [-0.1, -0.05) is 6.07 Å². The highest BCUT2D eigenvalue weighted by Gasteiger charge is 2.19. The molecule has 1 aromatic carbocycles. The predicted octanol–water partition coefficient (Wildman–Crippen LogP) is 5.37. The highest BCUT2D eigenvalue weighted by molar-refractivity contribution is 9.13. The Hall–Kier alpha value is -0.230. The Morgan fingerprint density at radius 2 is 1.84 bits per heavy atom. The smallest absolute Gasteiger partial charge is 0.161 e. The summed E-state index contributed by atoms with van der Waals surface area (Å²) in [5, 5.41) is -0.191. The Labute approximate surface area is 136 Å². The molecule has 2 heterocycles. The fourth-order valence-electron chi connectivity index (χ4n) is 1.87. The van der Waals surface area contributed by atoms with Gasteiger partial charge in [-0.15, -0.1) is 22.9 Å². The van der Waals surface area contributed by atoms with Crippen molar-refractivity contribution in [2.24, 2.45) is 0 Å². The summed E-state index contributed by atoms with van der Waals surface area (Å²) in [6.45, 7) is 1.18. The van der Waals surface area contributed by atoms with Crippen LogP contribution >= 0.6 is 54.8 Å². The summed E-state index contributed by atoms with van der Waals surface area (Å²) >= 11 is 15.1. The van der Waals surface area contributed by atoms with Crippen LogP contribution in [0.4, 0.5) is 0 Å². The van der Waals surface area contributed by atoms with Crippen molar-refractivity contribution in [1.29, 1.82) is 0 Å². The molecule has 0 spiro atoms. The number of benzene rings is 1. The van der Waals surface area contributed by atoms with Crippen molar-refractivity contribution < 1.29 is 9.47 Å². The molecule has 0 fully saturated rings. The zero-order valence-corrected chi connectivity index (χ0v) is 14.4. The zero-order chi connectivity index (χ0) is 13.4. The van der Waals surface area contributed by atoms with Crippen LogP contribution in [0.5, 0.6) is 11.5 Å². The minimum Gasteiger partial charge on any atom is -0.486 e. The number of alkyl halides is 1. The molecule has 1 aromatic heterocycles. The monoisotopic (exact) mass is 422 g/mol. The van der Waals surface area contributed by atoms with Crippen LogP contribution < -0.4 is 9.47 Å². The van der Waals surface area contributed by atoms with E-state index in [0.717, 1.165) is 30.2 Å². The van der Waals surface area contributed by atoms with Crippen LogP contribution in [0.1, 0.15) is 15.8 Å². The fourth-order valence-corrected chi connectivity index (χ4v) is 4.30. The zero-order valence-electron chi connectivity index (χ0n) is 9.66. The maximum absolute atomic E-state index is 6.53. The summed E-state index contributed by atoms with van der Waals surface area (Å²) < 4.78 is 13.2. The average molecular weight is 425 g/mol. The lowest BCUT2D eigenvalue weighted by Gasteiger charge is -2.19. The van der Waals surface area contributed by atoms with E-state index in [-0.39, 0.29) is 5.38 Å². The Kier molecular flexibility index (Phi) is 4.08.